The lowest BCUT2D eigenvalue weighted by Gasteiger charge is -2.23. The Bertz CT molecular complexity index is 689. The number of ether oxygens (including phenoxy) is 1. The summed E-state index contributed by atoms with van der Waals surface area (Å²) in [6.07, 6.45) is 20.3. The zero-order valence-corrected chi connectivity index (χ0v) is 20.2. The lowest BCUT2D eigenvalue weighted by molar-refractivity contribution is -0.185. The van der Waals surface area contributed by atoms with E-state index in [9.17, 15) is 9.90 Å². The lowest BCUT2D eigenvalue weighted by Crippen LogP contribution is -2.27. The Labute approximate surface area is 190 Å². The van der Waals surface area contributed by atoms with Crippen LogP contribution in [0, 0.1) is 0 Å². The molecule has 1 aromatic rings. The van der Waals surface area contributed by atoms with Crippen molar-refractivity contribution < 1.29 is 14.6 Å². The summed E-state index contributed by atoms with van der Waals surface area (Å²) >= 11 is 0. The predicted octanol–water partition coefficient (Wildman–Crippen LogP) is 7.75. The van der Waals surface area contributed by atoms with E-state index in [0.29, 0.717) is 16.7 Å². The number of cyclic esters (lactones) is 1. The summed E-state index contributed by atoms with van der Waals surface area (Å²) < 4.78 is 5.23. The van der Waals surface area contributed by atoms with Gasteiger partial charge in [-0.05, 0) is 32.3 Å². The second-order valence-electron chi connectivity index (χ2n) is 9.33. The fraction of sp³-hybridized carbons (Fsp3) is 0.679. The quantitative estimate of drug-likeness (QED) is 0.216. The van der Waals surface area contributed by atoms with Crippen molar-refractivity contribution in [3.63, 3.8) is 0 Å². The van der Waals surface area contributed by atoms with Crippen LogP contribution in [-0.4, -0.2) is 11.1 Å². The van der Waals surface area contributed by atoms with Crippen molar-refractivity contribution >= 4 is 5.97 Å². The molecule has 1 aliphatic heterocycles. The number of aliphatic hydroxyl groups is 1. The molecule has 0 bridgehead atoms. The van der Waals surface area contributed by atoms with E-state index < -0.39 is 11.8 Å². The van der Waals surface area contributed by atoms with Gasteiger partial charge in [-0.3, -0.25) is 0 Å². The third kappa shape index (κ3) is 8.11. The highest BCUT2D eigenvalue weighted by Gasteiger charge is 2.43. The summed E-state index contributed by atoms with van der Waals surface area (Å²) in [5, 5.41) is 10.8. The minimum atomic E-state index is -1.60. The van der Waals surface area contributed by atoms with Crippen LogP contribution in [0.3, 0.4) is 0 Å². The second-order valence-corrected chi connectivity index (χ2v) is 9.33. The van der Waals surface area contributed by atoms with Gasteiger partial charge in [0.25, 0.3) is 5.79 Å². The summed E-state index contributed by atoms with van der Waals surface area (Å²) in [6.45, 7) is 5.72. The van der Waals surface area contributed by atoms with Gasteiger partial charge in [-0.2, -0.15) is 0 Å². The van der Waals surface area contributed by atoms with E-state index >= 15 is 0 Å². The number of hydrogen-bond acceptors (Lipinski definition) is 3. The van der Waals surface area contributed by atoms with E-state index in [1.165, 1.54) is 95.5 Å². The molecule has 0 radical (unpaired) electrons. The zero-order valence-electron chi connectivity index (χ0n) is 20.2. The molecule has 1 aliphatic rings. The molecule has 2 rings (SSSR count). The fourth-order valence-corrected chi connectivity index (χ4v) is 4.39. The molecule has 1 aromatic carbocycles. The van der Waals surface area contributed by atoms with Gasteiger partial charge in [-0.15, -0.1) is 0 Å². The van der Waals surface area contributed by atoms with E-state index in [1.807, 2.05) is 24.3 Å². The monoisotopic (exact) mass is 428 g/mol. The fourth-order valence-electron chi connectivity index (χ4n) is 4.39. The van der Waals surface area contributed by atoms with Crippen molar-refractivity contribution in [2.75, 3.05) is 0 Å². The Hall–Kier alpha value is -1.61. The Balaban J connectivity index is 1.52. The van der Waals surface area contributed by atoms with E-state index in [-0.39, 0.29) is 0 Å². The van der Waals surface area contributed by atoms with Crippen LogP contribution in [0.5, 0.6) is 0 Å². The molecule has 1 unspecified atom stereocenters. The number of unbranched alkanes of at least 4 members (excludes halogenated alkanes) is 13. The van der Waals surface area contributed by atoms with Crippen LogP contribution in [-0.2, 0) is 21.7 Å². The molecule has 0 spiro atoms. The number of carbonyl (C=O) groups excluding carboxylic acids is 1. The first kappa shape index (κ1) is 25.6. The number of benzene rings is 1. The van der Waals surface area contributed by atoms with Crippen molar-refractivity contribution in [1.29, 1.82) is 0 Å². The maximum Gasteiger partial charge on any atom is 0.336 e. The van der Waals surface area contributed by atoms with Crippen molar-refractivity contribution in [3.8, 4) is 0 Å². The molecule has 0 aliphatic carbocycles. The summed E-state index contributed by atoms with van der Waals surface area (Å²) in [5.41, 5.74) is 2.97. The Morgan fingerprint density at radius 1 is 0.742 bits per heavy atom. The highest BCUT2D eigenvalue weighted by atomic mass is 16.7. The molecule has 31 heavy (non-hydrogen) atoms. The Morgan fingerprint density at radius 3 is 1.61 bits per heavy atom. The first-order valence-electron chi connectivity index (χ1n) is 12.7. The highest BCUT2D eigenvalue weighted by molar-refractivity contribution is 5.92. The molecule has 1 atom stereocenters. The summed E-state index contributed by atoms with van der Waals surface area (Å²) in [7, 11) is 0. The van der Waals surface area contributed by atoms with Crippen LogP contribution >= 0.6 is 0 Å². The first-order chi connectivity index (χ1) is 15.0. The normalized spacial score (nSPS) is 18.6. The second kappa shape index (κ2) is 13.7. The average molecular weight is 429 g/mol. The van der Waals surface area contributed by atoms with Gasteiger partial charge < -0.3 is 9.84 Å². The minimum absolute atomic E-state index is 0.438. The maximum absolute atomic E-state index is 11.8. The van der Waals surface area contributed by atoms with E-state index in [4.69, 9.17) is 4.74 Å². The van der Waals surface area contributed by atoms with E-state index in [0.717, 1.165) is 6.42 Å². The van der Waals surface area contributed by atoms with Gasteiger partial charge in [0.2, 0.25) is 0 Å². The van der Waals surface area contributed by atoms with E-state index in [1.54, 1.807) is 13.8 Å². The molecule has 0 saturated carbocycles. The first-order valence-corrected chi connectivity index (χ1v) is 12.7. The number of hydrogen-bond donors (Lipinski definition) is 1. The summed E-state index contributed by atoms with van der Waals surface area (Å²) in [6, 6.07) is 7.86. The van der Waals surface area contributed by atoms with Gasteiger partial charge >= 0.3 is 5.97 Å². The van der Waals surface area contributed by atoms with Gasteiger partial charge in [0.05, 0.1) is 0 Å². The van der Waals surface area contributed by atoms with Crippen LogP contribution in [0.15, 0.2) is 35.4 Å². The van der Waals surface area contributed by atoms with Crippen molar-refractivity contribution in [2.24, 2.45) is 0 Å². The number of esters is 1. The largest absolute Gasteiger partial charge is 0.421 e. The van der Waals surface area contributed by atoms with Gasteiger partial charge in [0, 0.05) is 16.7 Å². The van der Waals surface area contributed by atoms with Crippen molar-refractivity contribution in [2.45, 2.75) is 123 Å². The van der Waals surface area contributed by atoms with Gasteiger partial charge in [-0.25, -0.2) is 4.79 Å². The predicted molar refractivity (Wildman–Crippen MR) is 129 cm³/mol. The SMILES string of the molecule is CCCCCCCCCCCCCCCCc1ccc(C2(O)OC(=O)C(C)=C2C)cc1. The van der Waals surface area contributed by atoms with Crippen LogP contribution in [0.4, 0.5) is 0 Å². The molecule has 3 heteroatoms. The smallest absolute Gasteiger partial charge is 0.336 e. The molecular formula is C28H44O3. The Kier molecular flexibility index (Phi) is 11.4. The van der Waals surface area contributed by atoms with Gasteiger partial charge in [-0.1, -0.05) is 115 Å². The highest BCUT2D eigenvalue weighted by Crippen LogP contribution is 2.38. The van der Waals surface area contributed by atoms with Crippen molar-refractivity contribution in [3.05, 3.63) is 46.5 Å². The molecular weight excluding hydrogens is 384 g/mol. The molecule has 0 aromatic heterocycles. The lowest BCUT2D eigenvalue weighted by atomic mass is 9.95. The number of rotatable bonds is 16. The van der Waals surface area contributed by atoms with Crippen molar-refractivity contribution in [1.82, 2.24) is 0 Å². The third-order valence-electron chi connectivity index (χ3n) is 6.78. The zero-order chi connectivity index (χ0) is 22.5. The summed E-state index contributed by atoms with van der Waals surface area (Å²) in [5.74, 6) is -2.04. The van der Waals surface area contributed by atoms with Gasteiger partial charge in [0.1, 0.15) is 0 Å². The Morgan fingerprint density at radius 2 is 1.19 bits per heavy atom. The standard InChI is InChI=1S/C28H44O3/c1-4-5-6-7-8-9-10-11-12-13-14-15-16-17-18-25-19-21-26(22-20-25)28(30)24(3)23(2)27(29)31-28/h19-22,30H,4-18H2,1-3H3. The topological polar surface area (TPSA) is 46.5 Å². The molecule has 0 saturated heterocycles. The maximum atomic E-state index is 11.8. The van der Waals surface area contributed by atoms with Crippen LogP contribution in [0.25, 0.3) is 0 Å². The molecule has 0 amide bonds. The van der Waals surface area contributed by atoms with Gasteiger partial charge in [0.15, 0.2) is 0 Å². The molecule has 0 fully saturated rings. The third-order valence-corrected chi connectivity index (χ3v) is 6.78. The van der Waals surface area contributed by atoms with Crippen LogP contribution in [0.1, 0.15) is 122 Å². The molecule has 174 valence electrons. The van der Waals surface area contributed by atoms with E-state index in [2.05, 4.69) is 6.92 Å². The minimum Gasteiger partial charge on any atom is -0.421 e. The molecule has 3 nitrogen and oxygen atoms in total. The molecule has 1 heterocycles. The van der Waals surface area contributed by atoms with Crippen LogP contribution < -0.4 is 0 Å². The molecule has 1 N–H and O–H groups in total. The summed E-state index contributed by atoms with van der Waals surface area (Å²) in [4.78, 5) is 11.8. The number of carbonyl (C=O) groups is 1. The van der Waals surface area contributed by atoms with Crippen LogP contribution in [0.2, 0.25) is 0 Å². The average Bonchev–Trinajstić information content (AvgIpc) is 2.97. The number of aryl methyl sites for hydroxylation is 1.